The summed E-state index contributed by atoms with van der Waals surface area (Å²) in [4.78, 5) is 2.44. The fourth-order valence-electron chi connectivity index (χ4n) is 2.70. The van der Waals surface area contributed by atoms with Crippen LogP contribution in [0.2, 0.25) is 0 Å². The highest BCUT2D eigenvalue weighted by Crippen LogP contribution is 2.16. The number of rotatable bonds is 7. The minimum absolute atomic E-state index is 0.460. The first-order chi connectivity index (χ1) is 9.53. The molecule has 1 aliphatic rings. The minimum atomic E-state index is -3.05. The van der Waals surface area contributed by atoms with Crippen molar-refractivity contribution in [2.45, 2.75) is 19.3 Å². The summed E-state index contributed by atoms with van der Waals surface area (Å²) < 4.78 is 24.8. The molecule has 1 fully saturated rings. The third-order valence-electron chi connectivity index (χ3n) is 3.79. The molecule has 1 aromatic rings. The van der Waals surface area contributed by atoms with Crippen molar-refractivity contribution in [2.24, 2.45) is 5.92 Å². The molecule has 1 N–H and O–H groups in total. The maximum absolute atomic E-state index is 11.1. The molecule has 0 aliphatic carbocycles. The first-order valence-electron chi connectivity index (χ1n) is 7.24. The number of benzene rings is 1. The second-order valence-corrected chi connectivity index (χ2v) is 7.50. The van der Waals surface area contributed by atoms with Gasteiger partial charge >= 0.3 is 0 Å². The molecular formula is C15H24N2O2S. The molecule has 112 valence electrons. The molecule has 1 aromatic carbocycles. The van der Waals surface area contributed by atoms with Crippen molar-refractivity contribution in [1.82, 2.24) is 9.62 Å². The number of likely N-dealkylation sites (tertiary alicyclic amines) is 1. The van der Waals surface area contributed by atoms with E-state index in [1.807, 2.05) is 6.07 Å². The Morgan fingerprint density at radius 3 is 2.75 bits per heavy atom. The third-order valence-corrected chi connectivity index (χ3v) is 4.48. The maximum atomic E-state index is 11.1. The molecule has 2 rings (SSSR count). The Balaban J connectivity index is 1.64. The van der Waals surface area contributed by atoms with Gasteiger partial charge in [0.2, 0.25) is 10.0 Å². The van der Waals surface area contributed by atoms with E-state index in [9.17, 15) is 8.42 Å². The van der Waals surface area contributed by atoms with Gasteiger partial charge < -0.3 is 4.90 Å². The largest absolute Gasteiger partial charge is 0.303 e. The van der Waals surface area contributed by atoms with Crippen LogP contribution in [0, 0.1) is 5.92 Å². The van der Waals surface area contributed by atoms with Gasteiger partial charge in [0.1, 0.15) is 0 Å². The highest BCUT2D eigenvalue weighted by molar-refractivity contribution is 7.88. The van der Waals surface area contributed by atoms with E-state index in [1.54, 1.807) is 0 Å². The SMILES string of the molecule is CS(=O)(=O)NC[C@@H]1CCN(CCCc2ccccc2)C1. The van der Waals surface area contributed by atoms with E-state index in [2.05, 4.69) is 33.9 Å². The lowest BCUT2D eigenvalue weighted by molar-refractivity contribution is 0.320. The van der Waals surface area contributed by atoms with Crippen LogP contribution in [0.5, 0.6) is 0 Å². The van der Waals surface area contributed by atoms with Gasteiger partial charge in [0.05, 0.1) is 6.26 Å². The Bertz CT molecular complexity index is 502. The lowest BCUT2D eigenvalue weighted by Crippen LogP contribution is -2.30. The van der Waals surface area contributed by atoms with Gasteiger partial charge in [-0.25, -0.2) is 13.1 Å². The zero-order valence-corrected chi connectivity index (χ0v) is 12.9. The summed E-state index contributed by atoms with van der Waals surface area (Å²) in [5.74, 6) is 0.460. The predicted molar refractivity (Wildman–Crippen MR) is 82.2 cm³/mol. The molecule has 5 heteroatoms. The molecule has 1 heterocycles. The second kappa shape index (κ2) is 7.20. The molecule has 1 saturated heterocycles. The van der Waals surface area contributed by atoms with Gasteiger partial charge in [0.15, 0.2) is 0 Å². The number of nitrogens with zero attached hydrogens (tertiary/aromatic N) is 1. The molecule has 0 radical (unpaired) electrons. The van der Waals surface area contributed by atoms with Crippen LogP contribution in [0.15, 0.2) is 30.3 Å². The van der Waals surface area contributed by atoms with E-state index in [4.69, 9.17) is 0 Å². The average molecular weight is 296 g/mol. The van der Waals surface area contributed by atoms with Crippen molar-refractivity contribution in [3.63, 3.8) is 0 Å². The Morgan fingerprint density at radius 2 is 2.05 bits per heavy atom. The normalized spacial score (nSPS) is 20.4. The van der Waals surface area contributed by atoms with Crippen LogP contribution < -0.4 is 4.72 Å². The first-order valence-corrected chi connectivity index (χ1v) is 9.13. The topological polar surface area (TPSA) is 49.4 Å². The highest BCUT2D eigenvalue weighted by atomic mass is 32.2. The molecule has 0 amide bonds. The summed E-state index contributed by atoms with van der Waals surface area (Å²) in [6, 6.07) is 10.5. The quantitative estimate of drug-likeness (QED) is 0.829. The predicted octanol–water partition coefficient (Wildman–Crippen LogP) is 1.49. The van der Waals surface area contributed by atoms with Gasteiger partial charge in [-0.1, -0.05) is 30.3 Å². The van der Waals surface area contributed by atoms with Crippen LogP contribution >= 0.6 is 0 Å². The minimum Gasteiger partial charge on any atom is -0.303 e. The van der Waals surface area contributed by atoms with Crippen molar-refractivity contribution < 1.29 is 8.42 Å². The summed E-state index contributed by atoms with van der Waals surface area (Å²) in [7, 11) is -3.05. The summed E-state index contributed by atoms with van der Waals surface area (Å²) in [6.07, 6.45) is 4.59. The fourth-order valence-corrected chi connectivity index (χ4v) is 3.24. The van der Waals surface area contributed by atoms with Gasteiger partial charge in [-0.2, -0.15) is 0 Å². The molecule has 20 heavy (non-hydrogen) atoms. The Morgan fingerprint density at radius 1 is 1.30 bits per heavy atom. The number of sulfonamides is 1. The zero-order valence-electron chi connectivity index (χ0n) is 12.1. The van der Waals surface area contributed by atoms with Crippen molar-refractivity contribution in [3.05, 3.63) is 35.9 Å². The van der Waals surface area contributed by atoms with Crippen LogP contribution in [-0.4, -0.2) is 45.8 Å². The van der Waals surface area contributed by atoms with Gasteiger partial charge in [-0.05, 0) is 43.8 Å². The molecule has 0 bridgehead atoms. The van der Waals surface area contributed by atoms with E-state index in [0.717, 1.165) is 38.9 Å². The van der Waals surface area contributed by atoms with E-state index in [1.165, 1.54) is 11.8 Å². The van der Waals surface area contributed by atoms with Crippen molar-refractivity contribution in [2.75, 3.05) is 32.4 Å². The van der Waals surface area contributed by atoms with Crippen molar-refractivity contribution in [3.8, 4) is 0 Å². The first kappa shape index (κ1) is 15.5. The van der Waals surface area contributed by atoms with Crippen molar-refractivity contribution >= 4 is 10.0 Å². The lowest BCUT2D eigenvalue weighted by Gasteiger charge is -2.16. The number of hydrogen-bond donors (Lipinski definition) is 1. The maximum Gasteiger partial charge on any atom is 0.208 e. The van der Waals surface area contributed by atoms with Crippen molar-refractivity contribution in [1.29, 1.82) is 0 Å². The summed E-state index contributed by atoms with van der Waals surface area (Å²) >= 11 is 0. The number of hydrogen-bond acceptors (Lipinski definition) is 3. The summed E-state index contributed by atoms with van der Waals surface area (Å²) in [5.41, 5.74) is 1.39. The van der Waals surface area contributed by atoms with Crippen LogP contribution in [0.4, 0.5) is 0 Å². The van der Waals surface area contributed by atoms with E-state index >= 15 is 0 Å². The number of aryl methyl sites for hydroxylation is 1. The van der Waals surface area contributed by atoms with Crippen LogP contribution in [0.1, 0.15) is 18.4 Å². The lowest BCUT2D eigenvalue weighted by atomic mass is 10.1. The highest BCUT2D eigenvalue weighted by Gasteiger charge is 2.22. The Kier molecular flexibility index (Phi) is 5.57. The molecule has 0 saturated carbocycles. The van der Waals surface area contributed by atoms with Gasteiger partial charge in [0.25, 0.3) is 0 Å². The summed E-state index contributed by atoms with van der Waals surface area (Å²) in [6.45, 7) is 3.78. The van der Waals surface area contributed by atoms with E-state index < -0.39 is 10.0 Å². The molecule has 0 spiro atoms. The van der Waals surface area contributed by atoms with Crippen LogP contribution in [0.25, 0.3) is 0 Å². The number of nitrogens with one attached hydrogen (secondary N) is 1. The van der Waals surface area contributed by atoms with Crippen LogP contribution in [0.3, 0.4) is 0 Å². The Labute approximate surface area is 122 Å². The molecule has 1 aliphatic heterocycles. The standard InChI is InChI=1S/C15H24N2O2S/c1-20(18,19)16-12-15-9-11-17(13-15)10-5-8-14-6-3-2-4-7-14/h2-4,6-7,15-16H,5,8-13H2,1H3/t15-/m0/s1. The van der Waals surface area contributed by atoms with E-state index in [0.29, 0.717) is 12.5 Å². The third kappa shape index (κ3) is 5.61. The van der Waals surface area contributed by atoms with Gasteiger partial charge in [-0.15, -0.1) is 0 Å². The smallest absolute Gasteiger partial charge is 0.208 e. The monoisotopic (exact) mass is 296 g/mol. The van der Waals surface area contributed by atoms with Gasteiger partial charge in [0, 0.05) is 13.1 Å². The van der Waals surface area contributed by atoms with Crippen LogP contribution in [-0.2, 0) is 16.4 Å². The molecule has 0 aromatic heterocycles. The van der Waals surface area contributed by atoms with Gasteiger partial charge in [-0.3, -0.25) is 0 Å². The van der Waals surface area contributed by atoms with E-state index in [-0.39, 0.29) is 0 Å². The molecule has 0 unspecified atom stereocenters. The molecule has 4 nitrogen and oxygen atoms in total. The zero-order chi connectivity index (χ0) is 14.4. The average Bonchev–Trinajstić information content (AvgIpc) is 2.85. The molecule has 1 atom stereocenters. The summed E-state index contributed by atoms with van der Waals surface area (Å²) in [5, 5.41) is 0. The fraction of sp³-hybridized carbons (Fsp3) is 0.600. The molecular weight excluding hydrogens is 272 g/mol. The Hall–Kier alpha value is -0.910. The second-order valence-electron chi connectivity index (χ2n) is 5.67.